The maximum Gasteiger partial charge on any atom is 0.352 e. The molecule has 0 aliphatic heterocycles. The molecule has 3 aromatic heterocycles. The molecule has 0 radical (unpaired) electrons. The normalized spacial score (nSPS) is 10.5. The molecule has 0 bridgehead atoms. The summed E-state index contributed by atoms with van der Waals surface area (Å²) in [6, 6.07) is 2.73. The highest BCUT2D eigenvalue weighted by Gasteiger charge is 2.22. The molecule has 0 amide bonds. The topological polar surface area (TPSA) is 92.0 Å². The van der Waals surface area contributed by atoms with Crippen molar-refractivity contribution in [2.24, 2.45) is 0 Å². The van der Waals surface area contributed by atoms with Crippen molar-refractivity contribution in [1.29, 1.82) is 0 Å². The zero-order valence-electron chi connectivity index (χ0n) is 12.2. The third-order valence-electron chi connectivity index (χ3n) is 2.80. The Labute approximate surface area is 143 Å². The van der Waals surface area contributed by atoms with Crippen LogP contribution >= 0.6 is 15.9 Å². The van der Waals surface area contributed by atoms with Crippen LogP contribution in [-0.4, -0.2) is 30.7 Å². The number of carbonyl (C=O) groups excluding carboxylic acids is 1. The van der Waals surface area contributed by atoms with E-state index in [1.807, 2.05) is 0 Å². The predicted molar refractivity (Wildman–Crippen MR) is 82.4 cm³/mol. The van der Waals surface area contributed by atoms with Gasteiger partial charge in [0, 0.05) is 31.1 Å². The van der Waals surface area contributed by atoms with Crippen LogP contribution in [0.2, 0.25) is 0 Å². The lowest BCUT2D eigenvalue weighted by Crippen LogP contribution is -2.05. The van der Waals surface area contributed by atoms with Gasteiger partial charge >= 0.3 is 11.8 Å². The van der Waals surface area contributed by atoms with Crippen molar-refractivity contribution >= 4 is 21.9 Å². The van der Waals surface area contributed by atoms with E-state index in [4.69, 9.17) is 4.89 Å². The first-order valence-electron chi connectivity index (χ1n) is 6.58. The van der Waals surface area contributed by atoms with Crippen molar-refractivity contribution in [3.8, 4) is 23.0 Å². The molecule has 0 N–H and O–H groups in total. The van der Waals surface area contributed by atoms with Gasteiger partial charge in [-0.15, -0.1) is 5.10 Å². The number of nitrogens with zero attached hydrogens (tertiary/aromatic N) is 5. The summed E-state index contributed by atoms with van der Waals surface area (Å²) in [5, 5.41) is 4.20. The molecule has 0 fully saturated rings. The molecule has 3 rings (SSSR count). The van der Waals surface area contributed by atoms with Crippen molar-refractivity contribution in [2.75, 3.05) is 0 Å². The number of carbonyl (C=O) groups is 1. The fourth-order valence-electron chi connectivity index (χ4n) is 1.86. The van der Waals surface area contributed by atoms with Crippen LogP contribution in [0, 0.1) is 5.95 Å². The molecular formula is C14H9BrFN5O3. The molecule has 0 saturated carbocycles. The minimum absolute atomic E-state index is 0.00446. The molecule has 0 saturated heterocycles. The molecule has 0 aliphatic rings. The molecule has 0 aliphatic carbocycles. The van der Waals surface area contributed by atoms with E-state index in [9.17, 15) is 9.18 Å². The van der Waals surface area contributed by atoms with Crippen LogP contribution < -0.4 is 4.89 Å². The molecular weight excluding hydrogens is 385 g/mol. The quantitative estimate of drug-likeness (QED) is 0.381. The van der Waals surface area contributed by atoms with E-state index < -0.39 is 11.9 Å². The van der Waals surface area contributed by atoms with E-state index in [1.54, 1.807) is 0 Å². The highest BCUT2D eigenvalue weighted by Crippen LogP contribution is 2.36. The van der Waals surface area contributed by atoms with Gasteiger partial charge in [-0.2, -0.15) is 4.39 Å². The van der Waals surface area contributed by atoms with E-state index in [0.717, 1.165) is 0 Å². The van der Waals surface area contributed by atoms with Crippen LogP contribution in [0.1, 0.15) is 6.92 Å². The van der Waals surface area contributed by atoms with E-state index >= 15 is 0 Å². The van der Waals surface area contributed by atoms with Crippen LogP contribution in [0.25, 0.3) is 17.1 Å². The third kappa shape index (κ3) is 3.23. The Hall–Kier alpha value is -2.88. The average molecular weight is 394 g/mol. The second-order valence-corrected chi connectivity index (χ2v) is 5.26. The molecule has 24 heavy (non-hydrogen) atoms. The third-order valence-corrected chi connectivity index (χ3v) is 3.52. The largest absolute Gasteiger partial charge is 0.352 e. The lowest BCUT2D eigenvalue weighted by molar-refractivity contribution is -0.212. The number of pyridine rings is 1. The Morgan fingerprint density at radius 2 is 2.08 bits per heavy atom. The highest BCUT2D eigenvalue weighted by molar-refractivity contribution is 9.10. The number of rotatable bonds is 4. The second-order valence-electron chi connectivity index (χ2n) is 4.47. The van der Waals surface area contributed by atoms with Crippen LogP contribution in [-0.2, 0) is 9.68 Å². The van der Waals surface area contributed by atoms with E-state index in [-0.39, 0.29) is 5.88 Å². The van der Waals surface area contributed by atoms with Gasteiger partial charge in [-0.05, 0) is 28.1 Å². The number of halogens is 2. The van der Waals surface area contributed by atoms with Crippen LogP contribution in [0.4, 0.5) is 4.39 Å². The summed E-state index contributed by atoms with van der Waals surface area (Å²) in [5.41, 5.74) is 1.02. The summed E-state index contributed by atoms with van der Waals surface area (Å²) in [5.74, 6) is -0.872. The standard InChI is InChI=1S/C14H9BrFN5O3/c1-8(22)23-24-14-12(15)13(9-2-3-10(16)19-6-9)21(20-14)11-7-17-4-5-18-11/h2-7H,1H3. The lowest BCUT2D eigenvalue weighted by atomic mass is 10.2. The van der Waals surface area contributed by atoms with Gasteiger partial charge in [0.1, 0.15) is 4.47 Å². The SMILES string of the molecule is CC(=O)OOc1nn(-c2cnccn2)c(-c2ccc(F)nc2)c1Br. The van der Waals surface area contributed by atoms with Gasteiger partial charge < -0.3 is 0 Å². The van der Waals surface area contributed by atoms with E-state index in [2.05, 4.69) is 40.9 Å². The lowest BCUT2D eigenvalue weighted by Gasteiger charge is -2.05. The summed E-state index contributed by atoms with van der Waals surface area (Å²) in [6.45, 7) is 1.19. The number of hydrogen-bond acceptors (Lipinski definition) is 7. The molecule has 0 atom stereocenters. The minimum Gasteiger partial charge on any atom is -0.263 e. The molecule has 0 spiro atoms. The molecule has 122 valence electrons. The Kier molecular flexibility index (Phi) is 4.47. The zero-order valence-corrected chi connectivity index (χ0v) is 13.8. The summed E-state index contributed by atoms with van der Waals surface area (Å²) >= 11 is 3.34. The van der Waals surface area contributed by atoms with Crippen molar-refractivity contribution in [3.05, 3.63) is 47.3 Å². The van der Waals surface area contributed by atoms with Crippen LogP contribution in [0.3, 0.4) is 0 Å². The fourth-order valence-corrected chi connectivity index (χ4v) is 2.40. The van der Waals surface area contributed by atoms with Gasteiger partial charge in [0.05, 0.1) is 11.9 Å². The van der Waals surface area contributed by atoms with Gasteiger partial charge in [-0.25, -0.2) is 24.3 Å². The predicted octanol–water partition coefficient (Wildman–Crippen LogP) is 2.48. The van der Waals surface area contributed by atoms with Crippen molar-refractivity contribution in [2.45, 2.75) is 6.92 Å². The maximum atomic E-state index is 13.1. The molecule has 3 heterocycles. The smallest absolute Gasteiger partial charge is 0.263 e. The number of hydrogen-bond donors (Lipinski definition) is 0. The fraction of sp³-hybridized carbons (Fsp3) is 0.0714. The summed E-state index contributed by atoms with van der Waals surface area (Å²) in [4.78, 5) is 32.1. The van der Waals surface area contributed by atoms with Crippen molar-refractivity contribution in [3.63, 3.8) is 0 Å². The first-order chi connectivity index (χ1) is 11.6. The minimum atomic E-state index is -0.638. The molecule has 3 aromatic rings. The van der Waals surface area contributed by atoms with Crippen molar-refractivity contribution in [1.82, 2.24) is 24.7 Å². The van der Waals surface area contributed by atoms with Gasteiger partial charge in [0.25, 0.3) is 0 Å². The zero-order chi connectivity index (χ0) is 17.1. The van der Waals surface area contributed by atoms with Crippen LogP contribution in [0.5, 0.6) is 5.88 Å². The average Bonchev–Trinajstić information content (AvgIpc) is 2.91. The van der Waals surface area contributed by atoms with Crippen molar-refractivity contribution < 1.29 is 19.0 Å². The van der Waals surface area contributed by atoms with Gasteiger partial charge in [0.2, 0.25) is 5.95 Å². The molecule has 0 aromatic carbocycles. The first kappa shape index (κ1) is 16.0. The highest BCUT2D eigenvalue weighted by atomic mass is 79.9. The Bertz CT molecular complexity index is 870. The summed E-state index contributed by atoms with van der Waals surface area (Å²) in [6.07, 6.45) is 5.82. The van der Waals surface area contributed by atoms with E-state index in [0.29, 0.717) is 21.5 Å². The Balaban J connectivity index is 2.13. The Morgan fingerprint density at radius 1 is 1.25 bits per heavy atom. The van der Waals surface area contributed by atoms with Crippen LogP contribution in [0.15, 0.2) is 41.4 Å². The van der Waals surface area contributed by atoms with Gasteiger partial charge in [0.15, 0.2) is 5.82 Å². The molecule has 10 heteroatoms. The number of aromatic nitrogens is 5. The molecule has 0 unspecified atom stereocenters. The summed E-state index contributed by atoms with van der Waals surface area (Å²) < 4.78 is 14.9. The Morgan fingerprint density at radius 3 is 2.71 bits per heavy atom. The molecule has 8 nitrogen and oxygen atoms in total. The first-order valence-corrected chi connectivity index (χ1v) is 7.37. The summed E-state index contributed by atoms with van der Waals surface area (Å²) in [7, 11) is 0. The van der Waals surface area contributed by atoms with Gasteiger partial charge in [-0.1, -0.05) is 0 Å². The van der Waals surface area contributed by atoms with E-state index in [1.165, 1.54) is 48.5 Å². The maximum absolute atomic E-state index is 13.1. The second kappa shape index (κ2) is 6.71. The monoisotopic (exact) mass is 393 g/mol. The van der Waals surface area contributed by atoms with Gasteiger partial charge in [-0.3, -0.25) is 9.87 Å².